The van der Waals surface area contributed by atoms with Gasteiger partial charge < -0.3 is 15.3 Å². The summed E-state index contributed by atoms with van der Waals surface area (Å²) in [6.07, 6.45) is 3.87. The van der Waals surface area contributed by atoms with E-state index in [1.807, 2.05) is 6.92 Å². The lowest BCUT2D eigenvalue weighted by atomic mass is 9.83. The summed E-state index contributed by atoms with van der Waals surface area (Å²) in [5.41, 5.74) is -0.558. The van der Waals surface area contributed by atoms with Gasteiger partial charge in [0.1, 0.15) is 0 Å². The van der Waals surface area contributed by atoms with Gasteiger partial charge in [-0.25, -0.2) is 0 Å². The minimum atomic E-state index is -0.665. The fraction of sp³-hybridized carbons (Fsp3) is 0.846. The van der Waals surface area contributed by atoms with Gasteiger partial charge in [0.15, 0.2) is 0 Å². The molecule has 0 radical (unpaired) electrons. The van der Waals surface area contributed by atoms with E-state index < -0.39 is 11.4 Å². The average Bonchev–Trinajstić information content (AvgIpc) is 2.88. The van der Waals surface area contributed by atoms with E-state index in [2.05, 4.69) is 10.2 Å². The maximum atomic E-state index is 11.5. The Bertz CT molecular complexity index is 345. The number of carboxylic acid groups (broad SMARTS) is 1. The second-order valence-electron chi connectivity index (χ2n) is 5.62. The van der Waals surface area contributed by atoms with E-state index in [4.69, 9.17) is 0 Å². The third kappa shape index (κ3) is 2.66. The number of rotatable bonds is 5. The van der Waals surface area contributed by atoms with Gasteiger partial charge in [0.05, 0.1) is 5.41 Å². The Kier molecular flexibility index (Phi) is 3.90. The first-order valence-corrected chi connectivity index (χ1v) is 6.81. The summed E-state index contributed by atoms with van der Waals surface area (Å²) in [6.45, 7) is 4.29. The molecule has 0 aliphatic carbocycles. The number of amides is 1. The zero-order chi connectivity index (χ0) is 13.2. The molecule has 2 N–H and O–H groups in total. The van der Waals surface area contributed by atoms with Crippen molar-refractivity contribution in [3.63, 3.8) is 0 Å². The van der Waals surface area contributed by atoms with Crippen molar-refractivity contribution >= 4 is 11.9 Å². The van der Waals surface area contributed by atoms with Crippen LogP contribution < -0.4 is 5.32 Å². The topological polar surface area (TPSA) is 69.6 Å². The van der Waals surface area contributed by atoms with Crippen LogP contribution in [0.1, 0.15) is 39.0 Å². The first-order valence-electron chi connectivity index (χ1n) is 6.81. The number of nitrogens with one attached hydrogen (secondary N) is 1. The second kappa shape index (κ2) is 5.26. The fourth-order valence-corrected chi connectivity index (χ4v) is 3.20. The molecule has 0 bridgehead atoms. The molecule has 5 heteroatoms. The van der Waals surface area contributed by atoms with Crippen molar-refractivity contribution in [1.29, 1.82) is 0 Å². The minimum absolute atomic E-state index is 0.122. The maximum absolute atomic E-state index is 11.5. The zero-order valence-corrected chi connectivity index (χ0v) is 10.9. The molecule has 2 unspecified atom stereocenters. The second-order valence-corrected chi connectivity index (χ2v) is 5.62. The highest BCUT2D eigenvalue weighted by atomic mass is 16.4. The van der Waals surface area contributed by atoms with Crippen molar-refractivity contribution in [1.82, 2.24) is 10.2 Å². The largest absolute Gasteiger partial charge is 0.481 e. The molecule has 102 valence electrons. The average molecular weight is 254 g/mol. The van der Waals surface area contributed by atoms with Crippen LogP contribution in [0.2, 0.25) is 0 Å². The number of aliphatic carboxylic acids is 1. The predicted molar refractivity (Wildman–Crippen MR) is 67.2 cm³/mol. The Morgan fingerprint density at radius 1 is 1.61 bits per heavy atom. The van der Waals surface area contributed by atoms with Gasteiger partial charge >= 0.3 is 5.97 Å². The molecule has 0 saturated carbocycles. The summed E-state index contributed by atoms with van der Waals surface area (Å²) in [4.78, 5) is 24.8. The van der Waals surface area contributed by atoms with E-state index in [1.165, 1.54) is 0 Å². The fourth-order valence-electron chi connectivity index (χ4n) is 3.20. The molecule has 5 nitrogen and oxygen atoms in total. The third-order valence-corrected chi connectivity index (χ3v) is 4.18. The van der Waals surface area contributed by atoms with Gasteiger partial charge in [0.2, 0.25) is 5.91 Å². The van der Waals surface area contributed by atoms with Crippen LogP contribution in [0.25, 0.3) is 0 Å². The summed E-state index contributed by atoms with van der Waals surface area (Å²) in [7, 11) is 0. The number of carbonyl (C=O) groups excluding carboxylic acids is 1. The quantitative estimate of drug-likeness (QED) is 0.763. The molecule has 1 amide bonds. The molecular weight excluding hydrogens is 232 g/mol. The molecular formula is C13H22N2O3. The van der Waals surface area contributed by atoms with Crippen molar-refractivity contribution in [3.8, 4) is 0 Å². The summed E-state index contributed by atoms with van der Waals surface area (Å²) in [5.74, 6) is -0.542. The number of hydrogen-bond acceptors (Lipinski definition) is 3. The van der Waals surface area contributed by atoms with Crippen LogP contribution >= 0.6 is 0 Å². The van der Waals surface area contributed by atoms with Gasteiger partial charge in [-0.3, -0.25) is 9.59 Å². The lowest BCUT2D eigenvalue weighted by Gasteiger charge is -2.25. The summed E-state index contributed by atoms with van der Waals surface area (Å²) in [6, 6.07) is 0.212. The van der Waals surface area contributed by atoms with E-state index in [0.717, 1.165) is 38.8 Å². The van der Waals surface area contributed by atoms with E-state index in [-0.39, 0.29) is 11.9 Å². The van der Waals surface area contributed by atoms with Crippen molar-refractivity contribution in [2.75, 3.05) is 19.6 Å². The van der Waals surface area contributed by atoms with E-state index in [1.54, 1.807) is 0 Å². The molecule has 0 aromatic heterocycles. The molecule has 2 rings (SSSR count). The van der Waals surface area contributed by atoms with Crippen LogP contribution in [0, 0.1) is 5.41 Å². The van der Waals surface area contributed by atoms with Crippen LogP contribution in [0.4, 0.5) is 0 Å². The summed E-state index contributed by atoms with van der Waals surface area (Å²) < 4.78 is 0. The van der Waals surface area contributed by atoms with E-state index >= 15 is 0 Å². The van der Waals surface area contributed by atoms with Gasteiger partial charge in [0.25, 0.3) is 0 Å². The molecule has 2 atom stereocenters. The van der Waals surface area contributed by atoms with Gasteiger partial charge in [-0.05, 0) is 25.8 Å². The van der Waals surface area contributed by atoms with Crippen LogP contribution in [0.5, 0.6) is 0 Å². The predicted octanol–water partition coefficient (Wildman–Crippen LogP) is 0.842. The molecule has 2 aliphatic heterocycles. The molecule has 0 spiro atoms. The number of carboxylic acids is 1. The first-order chi connectivity index (χ1) is 8.55. The SMILES string of the molecule is CCCC1(C(=O)O)CCN(CC2CCC(=O)N2)C1. The van der Waals surface area contributed by atoms with E-state index in [0.29, 0.717) is 13.0 Å². The highest BCUT2D eigenvalue weighted by Crippen LogP contribution is 2.35. The number of likely N-dealkylation sites (tertiary alicyclic amines) is 1. The Labute approximate surface area is 108 Å². The number of hydrogen-bond donors (Lipinski definition) is 2. The Morgan fingerprint density at radius 3 is 2.94 bits per heavy atom. The monoisotopic (exact) mass is 254 g/mol. The molecule has 2 fully saturated rings. The Morgan fingerprint density at radius 2 is 2.39 bits per heavy atom. The molecule has 18 heavy (non-hydrogen) atoms. The van der Waals surface area contributed by atoms with Crippen molar-refractivity contribution in [3.05, 3.63) is 0 Å². The first kappa shape index (κ1) is 13.3. The molecule has 2 heterocycles. The molecule has 2 aliphatic rings. The van der Waals surface area contributed by atoms with Gasteiger partial charge in [-0.1, -0.05) is 13.3 Å². The van der Waals surface area contributed by atoms with Gasteiger partial charge in [-0.2, -0.15) is 0 Å². The normalized spacial score (nSPS) is 32.7. The minimum Gasteiger partial charge on any atom is -0.481 e. The van der Waals surface area contributed by atoms with Crippen LogP contribution in [0.3, 0.4) is 0 Å². The highest BCUT2D eigenvalue weighted by Gasteiger charge is 2.44. The lowest BCUT2D eigenvalue weighted by molar-refractivity contribution is -0.148. The molecule has 2 saturated heterocycles. The van der Waals surface area contributed by atoms with Crippen LogP contribution in [0.15, 0.2) is 0 Å². The summed E-state index contributed by atoms with van der Waals surface area (Å²) in [5, 5.41) is 12.4. The maximum Gasteiger partial charge on any atom is 0.310 e. The summed E-state index contributed by atoms with van der Waals surface area (Å²) >= 11 is 0. The third-order valence-electron chi connectivity index (χ3n) is 4.18. The highest BCUT2D eigenvalue weighted by molar-refractivity contribution is 5.78. The molecule has 0 aromatic carbocycles. The Hall–Kier alpha value is -1.10. The standard InChI is InChI=1S/C13H22N2O3/c1-2-5-13(12(17)18)6-7-15(9-13)8-10-3-4-11(16)14-10/h10H,2-9H2,1H3,(H,14,16)(H,17,18). The zero-order valence-electron chi connectivity index (χ0n) is 10.9. The van der Waals surface area contributed by atoms with Crippen molar-refractivity contribution in [2.45, 2.75) is 45.1 Å². The number of nitrogens with zero attached hydrogens (tertiary/aromatic N) is 1. The van der Waals surface area contributed by atoms with Gasteiger partial charge in [0, 0.05) is 25.6 Å². The van der Waals surface area contributed by atoms with Gasteiger partial charge in [-0.15, -0.1) is 0 Å². The smallest absolute Gasteiger partial charge is 0.310 e. The lowest BCUT2D eigenvalue weighted by Crippen LogP contribution is -2.40. The molecule has 0 aromatic rings. The van der Waals surface area contributed by atoms with Crippen LogP contribution in [-0.2, 0) is 9.59 Å². The number of carbonyl (C=O) groups is 2. The van der Waals surface area contributed by atoms with E-state index in [9.17, 15) is 14.7 Å². The van der Waals surface area contributed by atoms with Crippen molar-refractivity contribution < 1.29 is 14.7 Å². The van der Waals surface area contributed by atoms with Crippen molar-refractivity contribution in [2.24, 2.45) is 5.41 Å². The Balaban J connectivity index is 1.90. The van der Waals surface area contributed by atoms with Crippen LogP contribution in [-0.4, -0.2) is 47.6 Å².